The van der Waals surface area contributed by atoms with Gasteiger partial charge >= 0.3 is 12.1 Å². The number of aliphatic hydroxyl groups is 1. The zero-order valence-corrected chi connectivity index (χ0v) is 16.5. The Morgan fingerprint density at radius 3 is 2.66 bits per heavy atom. The van der Waals surface area contributed by atoms with Gasteiger partial charge in [0.15, 0.2) is 0 Å². The minimum absolute atomic E-state index is 0.127. The van der Waals surface area contributed by atoms with Crippen LogP contribution >= 0.6 is 11.6 Å². The van der Waals surface area contributed by atoms with Gasteiger partial charge in [0.2, 0.25) is 0 Å². The topological polar surface area (TPSA) is 62.5 Å². The predicted octanol–water partition coefficient (Wildman–Crippen LogP) is 2.42. The number of hydrogen-bond donors (Lipinski definition) is 2. The molecule has 1 aromatic heterocycles. The van der Waals surface area contributed by atoms with Crippen molar-refractivity contribution in [2.75, 3.05) is 0 Å². The first-order valence-electron chi connectivity index (χ1n) is 9.08. The summed E-state index contributed by atoms with van der Waals surface area (Å²) in [6.07, 6.45) is -1.18. The van der Waals surface area contributed by atoms with E-state index >= 15 is 0 Å². The molecule has 0 amide bonds. The first-order chi connectivity index (χ1) is 13.4. The van der Waals surface area contributed by atoms with Gasteiger partial charge in [-0.25, -0.2) is 0 Å². The van der Waals surface area contributed by atoms with Crippen molar-refractivity contribution >= 4 is 29.7 Å². The SMILES string of the molecule is Cc1c(CC(=O)O)c2c(n1Cc1cccc(C(F)(F)F)c1)=CC1(Cl)C(C=2)C1(C)O. The molecular weight excluding hydrogens is 407 g/mol. The first kappa shape index (κ1) is 20.0. The van der Waals surface area contributed by atoms with Crippen molar-refractivity contribution in [3.8, 4) is 0 Å². The lowest BCUT2D eigenvalue weighted by molar-refractivity contribution is -0.138. The maximum Gasteiger partial charge on any atom is 0.416 e. The van der Waals surface area contributed by atoms with E-state index in [4.69, 9.17) is 11.6 Å². The Hall–Kier alpha value is -2.25. The average Bonchev–Trinajstić information content (AvgIpc) is 2.94. The highest BCUT2D eigenvalue weighted by Crippen LogP contribution is 2.61. The smallest absolute Gasteiger partial charge is 0.416 e. The zero-order valence-electron chi connectivity index (χ0n) is 15.7. The molecule has 1 aromatic carbocycles. The molecular formula is C21H19ClF3NO3. The molecule has 1 saturated carbocycles. The first-order valence-corrected chi connectivity index (χ1v) is 9.46. The normalized spacial score (nSPS) is 27.5. The number of alkyl halides is 4. The lowest BCUT2D eigenvalue weighted by atomic mass is 10.1. The molecule has 4 nitrogen and oxygen atoms in total. The molecule has 2 aliphatic rings. The molecule has 2 aromatic rings. The van der Waals surface area contributed by atoms with E-state index in [1.807, 2.05) is 0 Å². The highest BCUT2D eigenvalue weighted by molar-refractivity contribution is 6.32. The van der Waals surface area contributed by atoms with Gasteiger partial charge in [-0.2, -0.15) is 13.2 Å². The van der Waals surface area contributed by atoms with E-state index in [1.165, 1.54) is 6.07 Å². The number of halogens is 4. The van der Waals surface area contributed by atoms with E-state index in [-0.39, 0.29) is 18.9 Å². The molecule has 0 spiro atoms. The Morgan fingerprint density at radius 1 is 1.34 bits per heavy atom. The van der Waals surface area contributed by atoms with Crippen LogP contribution in [0.15, 0.2) is 24.3 Å². The Kier molecular flexibility index (Phi) is 4.23. The summed E-state index contributed by atoms with van der Waals surface area (Å²) in [4.78, 5) is 10.4. The summed E-state index contributed by atoms with van der Waals surface area (Å²) in [6.45, 7) is 3.49. The summed E-state index contributed by atoms with van der Waals surface area (Å²) >= 11 is 6.58. The number of hydrogen-bond acceptors (Lipinski definition) is 2. The fourth-order valence-corrected chi connectivity index (χ4v) is 4.73. The van der Waals surface area contributed by atoms with E-state index in [2.05, 4.69) is 0 Å². The van der Waals surface area contributed by atoms with Crippen LogP contribution in [0.1, 0.15) is 29.3 Å². The average molecular weight is 426 g/mol. The van der Waals surface area contributed by atoms with Crippen LogP contribution in [0, 0.1) is 12.8 Å². The van der Waals surface area contributed by atoms with Gasteiger partial charge in [0.05, 0.1) is 17.6 Å². The Balaban J connectivity index is 1.87. The number of carboxylic acids is 1. The third-order valence-corrected chi connectivity index (χ3v) is 6.81. The van der Waals surface area contributed by atoms with Gasteiger partial charge < -0.3 is 14.8 Å². The molecule has 0 radical (unpaired) electrons. The van der Waals surface area contributed by atoms with Gasteiger partial charge in [-0.3, -0.25) is 4.79 Å². The molecule has 154 valence electrons. The van der Waals surface area contributed by atoms with Crippen molar-refractivity contribution < 1.29 is 28.2 Å². The number of carbonyl (C=O) groups is 1. The molecule has 4 rings (SSSR count). The molecule has 2 N–H and O–H groups in total. The second kappa shape index (κ2) is 6.12. The van der Waals surface area contributed by atoms with E-state index in [0.717, 1.165) is 12.1 Å². The molecule has 0 saturated heterocycles. The standard InChI is InChI=1S/C21H19ClF3NO3/c1-11-14(8-18(27)28)15-7-17-19(2,29)20(17,22)9-16(15)26(11)10-12-4-3-5-13(6-12)21(23,24)25/h3-7,9,17,29H,8,10H2,1-2H3,(H,27,28). The van der Waals surface area contributed by atoms with Gasteiger partial charge in [0, 0.05) is 23.5 Å². The number of rotatable bonds is 4. The Bertz CT molecular complexity index is 1150. The third-order valence-electron chi connectivity index (χ3n) is 6.09. The van der Waals surface area contributed by atoms with Gasteiger partial charge in [0.25, 0.3) is 0 Å². The number of nitrogens with zero attached hydrogens (tertiary/aromatic N) is 1. The summed E-state index contributed by atoms with van der Waals surface area (Å²) in [5.74, 6) is -1.36. The number of aliphatic carboxylic acids is 1. The number of aromatic nitrogens is 1. The quantitative estimate of drug-likeness (QED) is 0.740. The fourth-order valence-electron chi connectivity index (χ4n) is 4.29. The highest BCUT2D eigenvalue weighted by atomic mass is 35.5. The molecule has 3 atom stereocenters. The largest absolute Gasteiger partial charge is 0.481 e. The molecule has 1 fully saturated rings. The summed E-state index contributed by atoms with van der Waals surface area (Å²) in [6, 6.07) is 5.04. The lowest BCUT2D eigenvalue weighted by Crippen LogP contribution is -2.36. The number of fused-ring (bicyclic) bond motifs is 2. The molecule has 8 heteroatoms. The fraction of sp³-hybridized carbons (Fsp3) is 0.381. The van der Waals surface area contributed by atoms with Crippen molar-refractivity contribution in [1.82, 2.24) is 4.57 Å². The predicted molar refractivity (Wildman–Crippen MR) is 102 cm³/mol. The Morgan fingerprint density at radius 2 is 2.03 bits per heavy atom. The zero-order chi connectivity index (χ0) is 21.4. The second-order valence-electron chi connectivity index (χ2n) is 7.92. The monoisotopic (exact) mass is 425 g/mol. The van der Waals surface area contributed by atoms with Crippen LogP contribution in [0.3, 0.4) is 0 Å². The molecule has 29 heavy (non-hydrogen) atoms. The minimum atomic E-state index is -4.45. The van der Waals surface area contributed by atoms with Crippen molar-refractivity contribution in [3.05, 3.63) is 57.2 Å². The van der Waals surface area contributed by atoms with Crippen LogP contribution in [-0.2, 0) is 23.9 Å². The van der Waals surface area contributed by atoms with E-state index in [1.54, 1.807) is 36.6 Å². The van der Waals surface area contributed by atoms with Crippen molar-refractivity contribution in [2.24, 2.45) is 5.92 Å². The Labute approximate surface area is 169 Å². The molecule has 1 heterocycles. The summed E-state index contributed by atoms with van der Waals surface area (Å²) in [5.41, 5.74) is -0.234. The van der Waals surface area contributed by atoms with E-state index < -0.39 is 28.2 Å². The number of benzene rings is 1. The highest BCUT2D eigenvalue weighted by Gasteiger charge is 2.71. The summed E-state index contributed by atoms with van der Waals surface area (Å²) in [7, 11) is 0. The second-order valence-corrected chi connectivity index (χ2v) is 8.55. The summed E-state index contributed by atoms with van der Waals surface area (Å²) < 4.78 is 41.0. The number of carboxylic acid groups (broad SMARTS) is 1. The van der Waals surface area contributed by atoms with Gasteiger partial charge in [-0.1, -0.05) is 18.2 Å². The molecule has 0 bridgehead atoms. The maximum atomic E-state index is 13.1. The van der Waals surface area contributed by atoms with Crippen LogP contribution < -0.4 is 10.6 Å². The molecule has 0 aliphatic heterocycles. The van der Waals surface area contributed by atoms with Crippen LogP contribution in [0.5, 0.6) is 0 Å². The van der Waals surface area contributed by atoms with Gasteiger partial charge in [-0.05, 0) is 48.4 Å². The van der Waals surface area contributed by atoms with Gasteiger partial charge in [-0.15, -0.1) is 11.6 Å². The third kappa shape index (κ3) is 2.99. The van der Waals surface area contributed by atoms with Crippen molar-refractivity contribution in [2.45, 2.75) is 43.5 Å². The molecule has 2 aliphatic carbocycles. The van der Waals surface area contributed by atoms with Crippen molar-refractivity contribution in [1.29, 1.82) is 0 Å². The van der Waals surface area contributed by atoms with Gasteiger partial charge in [0.1, 0.15) is 4.87 Å². The maximum absolute atomic E-state index is 13.1. The van der Waals surface area contributed by atoms with E-state index in [0.29, 0.717) is 27.4 Å². The van der Waals surface area contributed by atoms with Crippen LogP contribution in [0.4, 0.5) is 13.2 Å². The lowest BCUT2D eigenvalue weighted by Gasteiger charge is -2.13. The van der Waals surface area contributed by atoms with E-state index in [9.17, 15) is 28.2 Å². The minimum Gasteiger partial charge on any atom is -0.481 e. The molecule has 3 unspecified atom stereocenters. The summed E-state index contributed by atoms with van der Waals surface area (Å²) in [5, 5.41) is 21.2. The van der Waals surface area contributed by atoms with Crippen LogP contribution in [0.2, 0.25) is 0 Å². The van der Waals surface area contributed by atoms with Crippen molar-refractivity contribution in [3.63, 3.8) is 0 Å². The van der Waals surface area contributed by atoms with Crippen LogP contribution in [0.25, 0.3) is 12.2 Å². The van der Waals surface area contributed by atoms with Crippen LogP contribution in [-0.4, -0.2) is 31.2 Å².